The lowest BCUT2D eigenvalue weighted by Crippen LogP contribution is -2.56. The van der Waals surface area contributed by atoms with Gasteiger partial charge in [-0.3, -0.25) is 33.9 Å². The standard InChI is InChI=1S/C29H39N7O6/c1-19(2)26(28(42)36(18-25(39)40)22-13-8-5-9-14-22)34-24(38)17-35(21-11-6-4-7-12-21)27(41)23(33-20(3)37)15-10-16-32-29(30)31/h4-9,11-14,19,23,26H,10,15-18H2,1-3H3,(H,33,37)(H,34,38)(H,39,40)(H4,30,31,32)/t23-,26-/m0/s1. The summed E-state index contributed by atoms with van der Waals surface area (Å²) in [5.41, 5.74) is 11.5. The van der Waals surface area contributed by atoms with E-state index in [4.69, 9.17) is 11.5 Å². The topological polar surface area (TPSA) is 201 Å². The van der Waals surface area contributed by atoms with Crippen LogP contribution in [0.5, 0.6) is 0 Å². The second kappa shape index (κ2) is 16.4. The maximum Gasteiger partial charge on any atom is 0.323 e. The molecule has 0 radical (unpaired) electrons. The highest BCUT2D eigenvalue weighted by Gasteiger charge is 2.33. The van der Waals surface area contributed by atoms with E-state index in [9.17, 15) is 29.1 Å². The Morgan fingerprint density at radius 2 is 1.36 bits per heavy atom. The molecular formula is C29H39N7O6. The van der Waals surface area contributed by atoms with Crippen LogP contribution >= 0.6 is 0 Å². The number of para-hydroxylation sites is 2. The second-order valence-electron chi connectivity index (χ2n) is 9.90. The summed E-state index contributed by atoms with van der Waals surface area (Å²) in [6, 6.07) is 14.7. The Bertz CT molecular complexity index is 1250. The lowest BCUT2D eigenvalue weighted by Gasteiger charge is -2.31. The number of carboxylic acids is 1. The summed E-state index contributed by atoms with van der Waals surface area (Å²) < 4.78 is 0. The molecule has 4 amide bonds. The number of amides is 4. The first kappa shape index (κ1) is 33.3. The summed E-state index contributed by atoms with van der Waals surface area (Å²) in [6.45, 7) is 3.89. The molecule has 0 aliphatic carbocycles. The van der Waals surface area contributed by atoms with Crippen LogP contribution in [-0.2, 0) is 24.0 Å². The smallest absolute Gasteiger partial charge is 0.323 e. The van der Waals surface area contributed by atoms with Crippen molar-refractivity contribution in [2.75, 3.05) is 29.4 Å². The van der Waals surface area contributed by atoms with Gasteiger partial charge in [0.1, 0.15) is 25.2 Å². The molecule has 0 fully saturated rings. The van der Waals surface area contributed by atoms with Gasteiger partial charge in [0.05, 0.1) is 0 Å². The van der Waals surface area contributed by atoms with Crippen molar-refractivity contribution in [2.45, 2.75) is 45.7 Å². The molecule has 0 heterocycles. The molecule has 2 atom stereocenters. The lowest BCUT2D eigenvalue weighted by molar-refractivity contribution is -0.137. The number of carbonyl (C=O) groups is 5. The average molecular weight is 582 g/mol. The van der Waals surface area contributed by atoms with Gasteiger partial charge < -0.3 is 32.1 Å². The molecule has 2 aromatic rings. The zero-order valence-electron chi connectivity index (χ0n) is 24.0. The molecular weight excluding hydrogens is 542 g/mol. The van der Waals surface area contributed by atoms with Crippen molar-refractivity contribution in [1.82, 2.24) is 10.6 Å². The normalized spacial score (nSPS) is 12.0. The third-order valence-electron chi connectivity index (χ3n) is 6.13. The SMILES string of the molecule is CC(=O)N[C@@H](CCCN=C(N)N)C(=O)N(CC(=O)N[C@H](C(=O)N(CC(=O)O)c1ccccc1)C(C)C)c1ccccc1. The van der Waals surface area contributed by atoms with Crippen LogP contribution in [0, 0.1) is 5.92 Å². The number of aliphatic imine (C=N–C) groups is 1. The first-order chi connectivity index (χ1) is 19.9. The Labute approximate surface area is 244 Å². The molecule has 13 nitrogen and oxygen atoms in total. The summed E-state index contributed by atoms with van der Waals surface area (Å²) in [6.07, 6.45) is 0.584. The number of hydrogen-bond acceptors (Lipinski definition) is 6. The van der Waals surface area contributed by atoms with Crippen molar-refractivity contribution < 1.29 is 29.1 Å². The third kappa shape index (κ3) is 10.6. The van der Waals surface area contributed by atoms with Gasteiger partial charge in [-0.1, -0.05) is 50.2 Å². The number of nitrogens with one attached hydrogen (secondary N) is 2. The first-order valence-corrected chi connectivity index (χ1v) is 13.5. The van der Waals surface area contributed by atoms with E-state index >= 15 is 0 Å². The fourth-order valence-electron chi connectivity index (χ4n) is 4.18. The first-order valence-electron chi connectivity index (χ1n) is 13.5. The molecule has 226 valence electrons. The zero-order valence-corrected chi connectivity index (χ0v) is 24.0. The Kier molecular flexibility index (Phi) is 13.0. The van der Waals surface area contributed by atoms with E-state index in [-0.39, 0.29) is 18.9 Å². The van der Waals surface area contributed by atoms with E-state index in [1.807, 2.05) is 0 Å². The van der Waals surface area contributed by atoms with E-state index < -0.39 is 60.7 Å². The Morgan fingerprint density at radius 3 is 1.81 bits per heavy atom. The number of carboxylic acid groups (broad SMARTS) is 1. The molecule has 0 unspecified atom stereocenters. The second-order valence-corrected chi connectivity index (χ2v) is 9.90. The van der Waals surface area contributed by atoms with Gasteiger partial charge in [0, 0.05) is 24.8 Å². The summed E-state index contributed by atoms with van der Waals surface area (Å²) in [5.74, 6) is -3.96. The van der Waals surface area contributed by atoms with Crippen LogP contribution in [0.15, 0.2) is 65.7 Å². The quantitative estimate of drug-likeness (QED) is 0.116. The van der Waals surface area contributed by atoms with Gasteiger partial charge in [-0.15, -0.1) is 0 Å². The summed E-state index contributed by atoms with van der Waals surface area (Å²) in [7, 11) is 0. The number of rotatable bonds is 15. The third-order valence-corrected chi connectivity index (χ3v) is 6.13. The van der Waals surface area contributed by atoms with E-state index in [1.54, 1.807) is 74.5 Å². The molecule has 2 rings (SSSR count). The van der Waals surface area contributed by atoms with Crippen LogP contribution in [-0.4, -0.2) is 72.4 Å². The highest BCUT2D eigenvalue weighted by molar-refractivity contribution is 6.05. The van der Waals surface area contributed by atoms with E-state index in [2.05, 4.69) is 15.6 Å². The number of anilines is 2. The van der Waals surface area contributed by atoms with Crippen LogP contribution < -0.4 is 31.9 Å². The van der Waals surface area contributed by atoms with Crippen LogP contribution in [0.1, 0.15) is 33.6 Å². The number of hydrogen-bond donors (Lipinski definition) is 5. The zero-order chi connectivity index (χ0) is 31.2. The van der Waals surface area contributed by atoms with Crippen LogP contribution in [0.4, 0.5) is 11.4 Å². The molecule has 2 aromatic carbocycles. The van der Waals surface area contributed by atoms with Crippen molar-refractivity contribution in [3.8, 4) is 0 Å². The van der Waals surface area contributed by atoms with Crippen molar-refractivity contribution in [3.05, 3.63) is 60.7 Å². The van der Waals surface area contributed by atoms with E-state index in [1.165, 1.54) is 11.8 Å². The Balaban J connectivity index is 2.32. The predicted molar refractivity (Wildman–Crippen MR) is 160 cm³/mol. The number of benzene rings is 2. The van der Waals surface area contributed by atoms with Gasteiger partial charge >= 0.3 is 5.97 Å². The van der Waals surface area contributed by atoms with Crippen LogP contribution in [0.25, 0.3) is 0 Å². The molecule has 0 aliphatic heterocycles. The summed E-state index contributed by atoms with van der Waals surface area (Å²) in [5, 5.41) is 14.8. The van der Waals surface area contributed by atoms with Crippen molar-refractivity contribution in [2.24, 2.45) is 22.4 Å². The molecule has 0 saturated carbocycles. The molecule has 42 heavy (non-hydrogen) atoms. The van der Waals surface area contributed by atoms with Crippen molar-refractivity contribution in [3.63, 3.8) is 0 Å². The van der Waals surface area contributed by atoms with Crippen LogP contribution in [0.2, 0.25) is 0 Å². The number of nitrogens with zero attached hydrogens (tertiary/aromatic N) is 3. The average Bonchev–Trinajstić information content (AvgIpc) is 2.94. The number of nitrogens with two attached hydrogens (primary N) is 2. The fraction of sp³-hybridized carbons (Fsp3) is 0.379. The molecule has 0 saturated heterocycles. The van der Waals surface area contributed by atoms with Gasteiger partial charge in [0.2, 0.25) is 23.6 Å². The summed E-state index contributed by atoms with van der Waals surface area (Å²) >= 11 is 0. The minimum atomic E-state index is -1.22. The molecule has 7 N–H and O–H groups in total. The van der Waals surface area contributed by atoms with Gasteiger partial charge in [-0.25, -0.2) is 0 Å². The minimum Gasteiger partial charge on any atom is -0.480 e. The largest absolute Gasteiger partial charge is 0.480 e. The van der Waals surface area contributed by atoms with Gasteiger partial charge in [-0.05, 0) is 43.0 Å². The summed E-state index contributed by atoms with van der Waals surface area (Å²) in [4.78, 5) is 70.4. The van der Waals surface area contributed by atoms with E-state index in [0.29, 0.717) is 17.8 Å². The van der Waals surface area contributed by atoms with Crippen molar-refractivity contribution in [1.29, 1.82) is 0 Å². The monoisotopic (exact) mass is 581 g/mol. The molecule has 13 heteroatoms. The highest BCUT2D eigenvalue weighted by Crippen LogP contribution is 2.19. The minimum absolute atomic E-state index is 0.0941. The maximum absolute atomic E-state index is 13.7. The number of aliphatic carboxylic acids is 1. The van der Waals surface area contributed by atoms with Gasteiger partial charge in [0.25, 0.3) is 0 Å². The molecule has 0 aliphatic rings. The molecule has 0 spiro atoms. The number of guanidine groups is 1. The Hall–Kier alpha value is -4.94. The number of carbonyl (C=O) groups excluding carboxylic acids is 4. The van der Waals surface area contributed by atoms with Gasteiger partial charge in [-0.2, -0.15) is 0 Å². The maximum atomic E-state index is 13.7. The highest BCUT2D eigenvalue weighted by atomic mass is 16.4. The van der Waals surface area contributed by atoms with Gasteiger partial charge in [0.15, 0.2) is 5.96 Å². The molecule has 0 aromatic heterocycles. The fourth-order valence-corrected chi connectivity index (χ4v) is 4.18. The molecule has 0 bridgehead atoms. The van der Waals surface area contributed by atoms with E-state index in [0.717, 1.165) is 4.90 Å². The van der Waals surface area contributed by atoms with Crippen LogP contribution in [0.3, 0.4) is 0 Å². The lowest BCUT2D eigenvalue weighted by atomic mass is 10.0. The van der Waals surface area contributed by atoms with Crippen molar-refractivity contribution >= 4 is 46.9 Å². The Morgan fingerprint density at radius 1 is 0.833 bits per heavy atom. The predicted octanol–water partition coefficient (Wildman–Crippen LogP) is 0.837.